The molecule has 0 bridgehead atoms. The van der Waals surface area contributed by atoms with Gasteiger partial charge in [-0.2, -0.15) is 0 Å². The molecule has 1 aliphatic rings. The van der Waals surface area contributed by atoms with Crippen molar-refractivity contribution in [2.45, 2.75) is 0 Å². The molecule has 0 aliphatic carbocycles. The summed E-state index contributed by atoms with van der Waals surface area (Å²) in [4.78, 5) is 4.91. The van der Waals surface area contributed by atoms with E-state index in [2.05, 4.69) is 72.8 Å². The van der Waals surface area contributed by atoms with Gasteiger partial charge in [0.2, 0.25) is 0 Å². The molecule has 3 aromatic carbocycles. The standard InChI is InChI=1S/C18H12AsN/c1-2-7-13(8-3-1)14-9-6-11-16-18(14)20-17-12-5-4-10-15(17)19-16/h1-12H. The van der Waals surface area contributed by atoms with Gasteiger partial charge < -0.3 is 0 Å². The molecule has 0 aromatic heterocycles. The van der Waals surface area contributed by atoms with Crippen LogP contribution >= 0.6 is 0 Å². The summed E-state index contributed by atoms with van der Waals surface area (Å²) in [7, 11) is 0. The van der Waals surface area contributed by atoms with Crippen LogP contribution < -0.4 is 9.71 Å². The number of hydrogen-bond donors (Lipinski definition) is 0. The van der Waals surface area contributed by atoms with Crippen LogP contribution in [0.15, 0.2) is 77.8 Å². The van der Waals surface area contributed by atoms with Crippen molar-refractivity contribution in [3.8, 4) is 11.1 Å². The van der Waals surface area contributed by atoms with Gasteiger partial charge in [0, 0.05) is 0 Å². The zero-order chi connectivity index (χ0) is 13.4. The van der Waals surface area contributed by atoms with Gasteiger partial charge in [-0.15, -0.1) is 0 Å². The summed E-state index contributed by atoms with van der Waals surface area (Å²) < 4.78 is 2.81. The Labute approximate surface area is 123 Å². The van der Waals surface area contributed by atoms with Crippen LogP contribution in [0.5, 0.6) is 0 Å². The Kier molecular flexibility index (Phi) is 2.86. The van der Waals surface area contributed by atoms with E-state index in [0.29, 0.717) is 0 Å². The van der Waals surface area contributed by atoms with Crippen LogP contribution in [-0.4, -0.2) is 15.3 Å². The van der Waals surface area contributed by atoms with Crippen molar-refractivity contribution in [1.82, 2.24) is 0 Å². The van der Waals surface area contributed by atoms with Crippen molar-refractivity contribution in [1.29, 1.82) is 0 Å². The molecule has 0 saturated carbocycles. The quantitative estimate of drug-likeness (QED) is 0.479. The number of nitrogens with zero attached hydrogens (tertiary/aromatic N) is 1. The average Bonchev–Trinajstić information content (AvgIpc) is 2.53. The van der Waals surface area contributed by atoms with Crippen LogP contribution in [0.25, 0.3) is 11.1 Å². The van der Waals surface area contributed by atoms with Crippen LogP contribution in [0.2, 0.25) is 0 Å². The van der Waals surface area contributed by atoms with Crippen molar-refractivity contribution in [2.75, 3.05) is 0 Å². The molecule has 0 spiro atoms. The van der Waals surface area contributed by atoms with Crippen LogP contribution in [0.3, 0.4) is 0 Å². The van der Waals surface area contributed by atoms with E-state index >= 15 is 0 Å². The third-order valence-electron chi connectivity index (χ3n) is 3.45. The monoisotopic (exact) mass is 317 g/mol. The van der Waals surface area contributed by atoms with Crippen LogP contribution in [0.1, 0.15) is 0 Å². The Balaban J connectivity index is 2.02. The Hall–Kier alpha value is -1.98. The van der Waals surface area contributed by atoms with Crippen LogP contribution in [-0.2, 0) is 0 Å². The van der Waals surface area contributed by atoms with Crippen molar-refractivity contribution < 1.29 is 0 Å². The summed E-state index contributed by atoms with van der Waals surface area (Å²) in [6, 6.07) is 25.6. The molecule has 0 amide bonds. The molecule has 2 heteroatoms. The fourth-order valence-electron chi connectivity index (χ4n) is 2.49. The van der Waals surface area contributed by atoms with E-state index in [9.17, 15) is 0 Å². The molecule has 3 aromatic rings. The van der Waals surface area contributed by atoms with Crippen molar-refractivity contribution in [3.63, 3.8) is 0 Å². The van der Waals surface area contributed by atoms with Crippen LogP contribution in [0.4, 0.5) is 5.69 Å². The maximum atomic E-state index is 4.91. The predicted molar refractivity (Wildman–Crippen MR) is 83.4 cm³/mol. The SMILES string of the molecule is c1ccc(-c2cccc3c2N=c2ccccc2=[As]3)cc1. The van der Waals surface area contributed by atoms with E-state index in [4.69, 9.17) is 4.99 Å². The number of fused-ring (bicyclic) bond motifs is 2. The Morgan fingerprint density at radius 3 is 2.40 bits per heavy atom. The van der Waals surface area contributed by atoms with Gasteiger partial charge in [0.1, 0.15) is 0 Å². The fraction of sp³-hybridized carbons (Fsp3) is 0. The van der Waals surface area contributed by atoms with Gasteiger partial charge in [-0.25, -0.2) is 0 Å². The normalized spacial score (nSPS) is 12.6. The summed E-state index contributed by atoms with van der Waals surface area (Å²) in [5.74, 6) is 0. The van der Waals surface area contributed by atoms with Gasteiger partial charge >= 0.3 is 124 Å². The summed E-state index contributed by atoms with van der Waals surface area (Å²) in [6.07, 6.45) is 0. The average molecular weight is 317 g/mol. The predicted octanol–water partition coefficient (Wildman–Crippen LogP) is 2.90. The third-order valence-corrected chi connectivity index (χ3v) is 6.02. The first-order chi connectivity index (χ1) is 9.92. The van der Waals surface area contributed by atoms with Crippen molar-refractivity contribution in [2.24, 2.45) is 4.99 Å². The summed E-state index contributed by atoms with van der Waals surface area (Å²) in [5, 5.41) is 1.14. The van der Waals surface area contributed by atoms with Gasteiger partial charge in [0.25, 0.3) is 0 Å². The van der Waals surface area contributed by atoms with Crippen molar-refractivity contribution in [3.05, 3.63) is 82.1 Å². The molecule has 1 aliphatic heterocycles. The minimum atomic E-state index is 0.0346. The van der Waals surface area contributed by atoms with E-state index in [0.717, 1.165) is 11.0 Å². The molecular weight excluding hydrogens is 305 g/mol. The molecule has 1 nitrogen and oxygen atoms in total. The van der Waals surface area contributed by atoms with Crippen LogP contribution in [0, 0.1) is 3.95 Å². The molecule has 0 fully saturated rings. The van der Waals surface area contributed by atoms with E-state index < -0.39 is 0 Å². The van der Waals surface area contributed by atoms with Gasteiger partial charge in [-0.3, -0.25) is 0 Å². The fourth-order valence-corrected chi connectivity index (χ4v) is 4.79. The Morgan fingerprint density at radius 2 is 1.50 bits per heavy atom. The zero-order valence-corrected chi connectivity index (χ0v) is 12.7. The second kappa shape index (κ2) is 4.85. The van der Waals surface area contributed by atoms with E-state index in [1.807, 2.05) is 0 Å². The second-order valence-electron chi connectivity index (χ2n) is 4.75. The summed E-state index contributed by atoms with van der Waals surface area (Å²) in [6.45, 7) is 0. The first-order valence-corrected chi connectivity index (χ1v) is 8.50. The Morgan fingerprint density at radius 1 is 0.700 bits per heavy atom. The van der Waals surface area contributed by atoms with E-state index in [1.54, 1.807) is 0 Å². The first-order valence-electron chi connectivity index (χ1n) is 6.63. The first kappa shape index (κ1) is 11.8. The zero-order valence-electron chi connectivity index (χ0n) is 10.8. The number of hydrogen-bond acceptors (Lipinski definition) is 1. The number of benzene rings is 3. The van der Waals surface area contributed by atoms with E-state index in [1.165, 1.54) is 19.4 Å². The summed E-state index contributed by atoms with van der Waals surface area (Å²) in [5.41, 5.74) is 3.65. The second-order valence-corrected chi connectivity index (χ2v) is 7.24. The molecule has 0 atom stereocenters. The van der Waals surface area contributed by atoms with Gasteiger partial charge in [0.05, 0.1) is 0 Å². The maximum absolute atomic E-state index is 4.91. The van der Waals surface area contributed by atoms with E-state index in [-0.39, 0.29) is 15.3 Å². The third kappa shape index (κ3) is 1.95. The molecule has 0 radical (unpaired) electrons. The molecule has 94 valence electrons. The van der Waals surface area contributed by atoms with Gasteiger partial charge in [0.15, 0.2) is 0 Å². The number of rotatable bonds is 1. The topological polar surface area (TPSA) is 12.4 Å². The summed E-state index contributed by atoms with van der Waals surface area (Å²) >= 11 is 0.0346. The minimum absolute atomic E-state index is 0.0346. The molecule has 20 heavy (non-hydrogen) atoms. The molecule has 4 rings (SSSR count). The molecule has 0 saturated heterocycles. The van der Waals surface area contributed by atoms with Crippen molar-refractivity contribution >= 4 is 25.3 Å². The molecular formula is C18H12AsN. The molecule has 0 N–H and O–H groups in total. The molecule has 0 unspecified atom stereocenters. The Bertz CT molecular complexity index is 898. The number of para-hydroxylation sites is 2. The van der Waals surface area contributed by atoms with Gasteiger partial charge in [-0.1, -0.05) is 0 Å². The van der Waals surface area contributed by atoms with Gasteiger partial charge in [-0.05, 0) is 0 Å². The molecule has 1 heterocycles.